The molecule has 5 nitrogen and oxygen atoms in total. The second-order valence-corrected chi connectivity index (χ2v) is 8.87. The van der Waals surface area contributed by atoms with Gasteiger partial charge in [0.05, 0.1) is 4.90 Å². The quantitative estimate of drug-likeness (QED) is 0.669. The van der Waals surface area contributed by atoms with E-state index in [9.17, 15) is 8.42 Å². The molecule has 0 bridgehead atoms. The van der Waals surface area contributed by atoms with E-state index in [0.29, 0.717) is 11.8 Å². The summed E-state index contributed by atoms with van der Waals surface area (Å²) in [5.41, 5.74) is 2.85. The summed E-state index contributed by atoms with van der Waals surface area (Å²) in [5, 5.41) is 0.00441. The minimum Gasteiger partial charge on any atom is -0.419 e. The van der Waals surface area contributed by atoms with Crippen LogP contribution >= 0.6 is 0 Å². The molecule has 0 N–H and O–H groups in total. The number of aryl methyl sites for hydroxylation is 2. The molecule has 1 aromatic heterocycles. The third-order valence-electron chi connectivity index (χ3n) is 4.82. The highest BCUT2D eigenvalue weighted by Gasteiger charge is 2.32. The van der Waals surface area contributed by atoms with E-state index in [0.717, 1.165) is 42.6 Å². The summed E-state index contributed by atoms with van der Waals surface area (Å²) >= 11 is 0. The number of aromatic nitrogens is 1. The Balaban J connectivity index is 1.86. The first-order chi connectivity index (χ1) is 12.9. The van der Waals surface area contributed by atoms with Gasteiger partial charge in [-0.05, 0) is 51.0 Å². The fourth-order valence-corrected chi connectivity index (χ4v) is 4.65. The minimum absolute atomic E-state index is 0.00441. The summed E-state index contributed by atoms with van der Waals surface area (Å²) in [7, 11) is -3.77. The molecule has 1 aliphatic rings. The van der Waals surface area contributed by atoms with E-state index < -0.39 is 9.84 Å². The molecule has 0 radical (unpaired) electrons. The molecule has 0 saturated carbocycles. The second kappa shape index (κ2) is 6.85. The highest BCUT2D eigenvalue weighted by molar-refractivity contribution is 7.91. The Morgan fingerprint density at radius 3 is 2.33 bits per heavy atom. The van der Waals surface area contributed by atoms with Crippen LogP contribution in [0.5, 0.6) is 0 Å². The first-order valence-electron chi connectivity index (χ1n) is 9.10. The molecule has 27 heavy (non-hydrogen) atoms. The van der Waals surface area contributed by atoms with Gasteiger partial charge in [0.15, 0.2) is 0 Å². The molecule has 3 aromatic rings. The van der Waals surface area contributed by atoms with Crippen molar-refractivity contribution in [2.24, 2.45) is 0 Å². The topological polar surface area (TPSA) is 63.4 Å². The lowest BCUT2D eigenvalue weighted by Gasteiger charge is -2.14. The molecule has 0 spiro atoms. The molecule has 0 unspecified atom stereocenters. The lowest BCUT2D eigenvalue weighted by Crippen LogP contribution is -2.19. The number of sulfone groups is 1. The normalized spacial score (nSPS) is 14.7. The molecule has 2 aromatic carbocycles. The maximum absolute atomic E-state index is 13.3. The van der Waals surface area contributed by atoms with E-state index >= 15 is 0 Å². The van der Waals surface area contributed by atoms with Crippen LogP contribution in [0, 0.1) is 13.8 Å². The van der Waals surface area contributed by atoms with Crippen molar-refractivity contribution in [3.05, 3.63) is 59.7 Å². The van der Waals surface area contributed by atoms with Crippen LogP contribution in [0.4, 0.5) is 5.88 Å². The summed E-state index contributed by atoms with van der Waals surface area (Å²) < 4.78 is 32.6. The van der Waals surface area contributed by atoms with Crippen molar-refractivity contribution in [2.75, 3.05) is 18.0 Å². The minimum atomic E-state index is -3.77. The summed E-state index contributed by atoms with van der Waals surface area (Å²) in [5.74, 6) is 0.691. The average molecular weight is 382 g/mol. The fraction of sp³-hybridized carbons (Fsp3) is 0.286. The molecule has 140 valence electrons. The van der Waals surface area contributed by atoms with Gasteiger partial charge in [-0.25, -0.2) is 8.42 Å². The number of hydrogen-bond acceptors (Lipinski definition) is 5. The van der Waals surface area contributed by atoms with Crippen LogP contribution in [0.3, 0.4) is 0 Å². The lowest BCUT2D eigenvalue weighted by atomic mass is 10.1. The zero-order valence-corrected chi connectivity index (χ0v) is 16.3. The van der Waals surface area contributed by atoms with Crippen LogP contribution in [-0.4, -0.2) is 26.5 Å². The Labute approximate surface area is 159 Å². The number of rotatable bonds is 4. The highest BCUT2D eigenvalue weighted by atomic mass is 32.2. The van der Waals surface area contributed by atoms with E-state index in [1.807, 2.05) is 43.0 Å². The van der Waals surface area contributed by atoms with Crippen LogP contribution in [-0.2, 0) is 9.84 Å². The molecule has 4 rings (SSSR count). The van der Waals surface area contributed by atoms with Crippen molar-refractivity contribution in [3.63, 3.8) is 0 Å². The van der Waals surface area contributed by atoms with Gasteiger partial charge in [0.2, 0.25) is 26.6 Å². The molecule has 1 fully saturated rings. The summed E-state index contributed by atoms with van der Waals surface area (Å²) in [4.78, 5) is 6.65. The molecule has 0 atom stereocenters. The van der Waals surface area contributed by atoms with Crippen LogP contribution < -0.4 is 4.90 Å². The average Bonchev–Trinajstić information content (AvgIpc) is 3.32. The van der Waals surface area contributed by atoms with Crippen LogP contribution in [0.2, 0.25) is 0 Å². The zero-order chi connectivity index (χ0) is 19.0. The SMILES string of the molecule is Cc1ccc(S(=O)(=O)c2nc(-c3cccc(C)c3)oc2N2CCCC2)cc1. The van der Waals surface area contributed by atoms with E-state index in [4.69, 9.17) is 4.42 Å². The summed E-state index contributed by atoms with van der Waals surface area (Å²) in [6.45, 7) is 5.47. The molecule has 6 heteroatoms. The Kier molecular flexibility index (Phi) is 4.52. The molecular formula is C21H22N2O3S. The van der Waals surface area contributed by atoms with Gasteiger partial charge in [0.1, 0.15) is 0 Å². The molecule has 1 saturated heterocycles. The number of anilines is 1. The van der Waals surface area contributed by atoms with E-state index in [1.165, 1.54) is 0 Å². The zero-order valence-electron chi connectivity index (χ0n) is 15.5. The third kappa shape index (κ3) is 3.37. The smallest absolute Gasteiger partial charge is 0.236 e. The van der Waals surface area contributed by atoms with Gasteiger partial charge < -0.3 is 9.32 Å². The first kappa shape index (κ1) is 17.8. The number of oxazole rings is 1. The largest absolute Gasteiger partial charge is 0.419 e. The Bertz CT molecular complexity index is 1060. The molecule has 1 aliphatic heterocycles. The Hall–Kier alpha value is -2.60. The van der Waals surface area contributed by atoms with Crippen molar-refractivity contribution in [1.82, 2.24) is 4.98 Å². The van der Waals surface area contributed by atoms with Crippen molar-refractivity contribution in [1.29, 1.82) is 0 Å². The number of benzene rings is 2. The van der Waals surface area contributed by atoms with Crippen molar-refractivity contribution in [2.45, 2.75) is 36.6 Å². The highest BCUT2D eigenvalue weighted by Crippen LogP contribution is 2.36. The second-order valence-electron chi connectivity index (χ2n) is 7.01. The molecule has 2 heterocycles. The molecule has 0 aliphatic carbocycles. The van der Waals surface area contributed by atoms with E-state index in [1.54, 1.807) is 24.3 Å². The Morgan fingerprint density at radius 1 is 0.963 bits per heavy atom. The molecular weight excluding hydrogens is 360 g/mol. The Morgan fingerprint density at radius 2 is 1.67 bits per heavy atom. The van der Waals surface area contributed by atoms with E-state index in [2.05, 4.69) is 4.98 Å². The van der Waals surface area contributed by atoms with Gasteiger partial charge in [0, 0.05) is 18.7 Å². The predicted molar refractivity (Wildman–Crippen MR) is 105 cm³/mol. The summed E-state index contributed by atoms with van der Waals surface area (Å²) in [6.07, 6.45) is 2.04. The maximum atomic E-state index is 13.3. The van der Waals surface area contributed by atoms with Gasteiger partial charge in [-0.3, -0.25) is 0 Å². The van der Waals surface area contributed by atoms with Gasteiger partial charge in [-0.15, -0.1) is 0 Å². The van der Waals surface area contributed by atoms with Gasteiger partial charge in [-0.2, -0.15) is 4.98 Å². The van der Waals surface area contributed by atoms with Crippen molar-refractivity contribution in [3.8, 4) is 11.5 Å². The van der Waals surface area contributed by atoms with Crippen LogP contribution in [0.15, 0.2) is 62.9 Å². The number of nitrogens with zero attached hydrogens (tertiary/aromatic N) is 2. The number of hydrogen-bond donors (Lipinski definition) is 0. The van der Waals surface area contributed by atoms with Gasteiger partial charge in [0.25, 0.3) is 0 Å². The summed E-state index contributed by atoms with van der Waals surface area (Å²) in [6, 6.07) is 14.6. The van der Waals surface area contributed by atoms with Crippen LogP contribution in [0.1, 0.15) is 24.0 Å². The third-order valence-corrected chi connectivity index (χ3v) is 6.49. The standard InChI is InChI=1S/C21H22N2O3S/c1-15-8-10-18(11-9-15)27(24,25)20-21(23-12-3-4-13-23)26-19(22-20)17-7-5-6-16(2)14-17/h5-11,14H,3-4,12-13H2,1-2H3. The predicted octanol–water partition coefficient (Wildman–Crippen LogP) is 4.39. The van der Waals surface area contributed by atoms with Gasteiger partial charge >= 0.3 is 0 Å². The lowest BCUT2D eigenvalue weighted by molar-refractivity contribution is 0.556. The first-order valence-corrected chi connectivity index (χ1v) is 10.6. The van der Waals surface area contributed by atoms with Crippen LogP contribution in [0.25, 0.3) is 11.5 Å². The van der Waals surface area contributed by atoms with Crippen molar-refractivity contribution < 1.29 is 12.8 Å². The van der Waals surface area contributed by atoms with Crippen molar-refractivity contribution >= 4 is 15.7 Å². The van der Waals surface area contributed by atoms with E-state index in [-0.39, 0.29) is 9.92 Å². The maximum Gasteiger partial charge on any atom is 0.236 e. The van der Waals surface area contributed by atoms with Gasteiger partial charge in [-0.1, -0.05) is 35.4 Å². The fourth-order valence-electron chi connectivity index (χ4n) is 3.32. The molecule has 0 amide bonds. The monoisotopic (exact) mass is 382 g/mol.